The standard InChI is InChI=1S/C31H39N5O5S/c1-5-7-8-9-10-11-18-38-28-17-12-22(3)19-29(28)41-42(37)35-25-15-13-24(14-16-25)30-33-34-31-26(20-32)27(21-40-39-6-2)23(4)36(30)31/h12-17,19,34-35H,5-11,18,21H2,1-4H3. The lowest BCUT2D eigenvalue weighted by molar-refractivity contribution is -0.300. The van der Waals surface area contributed by atoms with Gasteiger partial charge in [-0.15, -0.1) is 0 Å². The average Bonchev–Trinajstić information content (AvgIpc) is 3.52. The maximum absolute atomic E-state index is 12.9. The van der Waals surface area contributed by atoms with Crippen LogP contribution in [0.5, 0.6) is 11.5 Å². The molecule has 0 aliphatic rings. The highest BCUT2D eigenvalue weighted by atomic mass is 32.2. The molecule has 11 heteroatoms. The van der Waals surface area contributed by atoms with Crippen LogP contribution in [0.2, 0.25) is 0 Å². The fourth-order valence-electron chi connectivity index (χ4n) is 4.69. The van der Waals surface area contributed by atoms with E-state index in [4.69, 9.17) is 18.7 Å². The number of aromatic amines is 1. The van der Waals surface area contributed by atoms with Crippen LogP contribution in [0.15, 0.2) is 42.5 Å². The lowest BCUT2D eigenvalue weighted by atomic mass is 10.1. The van der Waals surface area contributed by atoms with Crippen LogP contribution in [0.25, 0.3) is 17.0 Å². The number of aromatic nitrogens is 3. The third-order valence-electron chi connectivity index (χ3n) is 6.89. The monoisotopic (exact) mass is 593 g/mol. The number of hydrogen-bond acceptors (Lipinski definition) is 7. The molecule has 1 unspecified atom stereocenters. The SMILES string of the molecule is CCCCCCCCOc1ccc(C)cc1OS(=O)Nc1ccc(-c2n[nH]c3c(C#N)c(COOCC)c(C)n23)cc1. The van der Waals surface area contributed by atoms with E-state index in [9.17, 15) is 9.47 Å². The number of anilines is 1. The fourth-order valence-corrected chi connectivity index (χ4v) is 5.35. The Hall–Kier alpha value is -3.85. The summed E-state index contributed by atoms with van der Waals surface area (Å²) >= 11 is -1.85. The summed E-state index contributed by atoms with van der Waals surface area (Å²) in [6, 6.07) is 15.2. The first-order valence-corrected chi connectivity index (χ1v) is 15.5. The Morgan fingerprint density at radius 1 is 1.00 bits per heavy atom. The van der Waals surface area contributed by atoms with Gasteiger partial charge in [0.05, 0.1) is 13.2 Å². The Morgan fingerprint density at radius 3 is 2.50 bits per heavy atom. The van der Waals surface area contributed by atoms with Crippen molar-refractivity contribution in [1.29, 1.82) is 5.26 Å². The summed E-state index contributed by atoms with van der Waals surface area (Å²) in [4.78, 5) is 10.2. The highest BCUT2D eigenvalue weighted by Crippen LogP contribution is 2.31. The normalized spacial score (nSPS) is 11.9. The molecule has 2 aromatic heterocycles. The van der Waals surface area contributed by atoms with E-state index in [1.165, 1.54) is 25.7 Å². The molecule has 224 valence electrons. The fraction of sp³-hybridized carbons (Fsp3) is 0.419. The van der Waals surface area contributed by atoms with Crippen LogP contribution < -0.4 is 13.6 Å². The van der Waals surface area contributed by atoms with Gasteiger partial charge in [0.15, 0.2) is 23.0 Å². The molecule has 0 radical (unpaired) electrons. The van der Waals surface area contributed by atoms with Crippen LogP contribution >= 0.6 is 0 Å². The number of rotatable bonds is 17. The van der Waals surface area contributed by atoms with Gasteiger partial charge in [-0.25, -0.2) is 9.78 Å². The van der Waals surface area contributed by atoms with Crippen LogP contribution in [-0.2, 0) is 27.6 Å². The second-order valence-corrected chi connectivity index (χ2v) is 10.9. The van der Waals surface area contributed by atoms with Crippen molar-refractivity contribution in [1.82, 2.24) is 14.6 Å². The minimum absolute atomic E-state index is 0.152. The first-order chi connectivity index (χ1) is 20.5. The minimum Gasteiger partial charge on any atom is -0.490 e. The number of nitrogens with one attached hydrogen (secondary N) is 2. The van der Waals surface area contributed by atoms with Crippen molar-refractivity contribution >= 4 is 22.6 Å². The van der Waals surface area contributed by atoms with Gasteiger partial charge < -0.3 is 8.92 Å². The van der Waals surface area contributed by atoms with Crippen LogP contribution in [-0.4, -0.2) is 32.0 Å². The molecule has 0 fully saturated rings. The van der Waals surface area contributed by atoms with Crippen LogP contribution in [0, 0.1) is 25.2 Å². The average molecular weight is 594 g/mol. The molecule has 0 amide bonds. The number of nitrogens with zero attached hydrogens (tertiary/aromatic N) is 3. The molecule has 0 saturated carbocycles. The molecule has 10 nitrogen and oxygen atoms in total. The quantitative estimate of drug-likeness (QED) is 0.0761. The summed E-state index contributed by atoms with van der Waals surface area (Å²) in [5.74, 6) is 1.65. The van der Waals surface area contributed by atoms with E-state index in [1.54, 1.807) is 12.1 Å². The minimum atomic E-state index is -1.85. The number of nitriles is 1. The molecule has 2 N–H and O–H groups in total. The number of H-pyrrole nitrogens is 1. The smallest absolute Gasteiger partial charge is 0.316 e. The van der Waals surface area contributed by atoms with Crippen molar-refractivity contribution in [3.63, 3.8) is 0 Å². The molecule has 0 bridgehead atoms. The summed E-state index contributed by atoms with van der Waals surface area (Å²) in [7, 11) is 0. The highest BCUT2D eigenvalue weighted by Gasteiger charge is 2.21. The lowest BCUT2D eigenvalue weighted by Gasteiger charge is -2.13. The zero-order valence-corrected chi connectivity index (χ0v) is 25.5. The summed E-state index contributed by atoms with van der Waals surface area (Å²) in [5, 5.41) is 17.2. The zero-order valence-electron chi connectivity index (χ0n) is 24.7. The molecule has 4 rings (SSSR count). The molecular weight excluding hydrogens is 554 g/mol. The van der Waals surface area contributed by atoms with Crippen molar-refractivity contribution < 1.29 is 22.9 Å². The van der Waals surface area contributed by atoms with Crippen molar-refractivity contribution in [2.75, 3.05) is 17.9 Å². The Balaban J connectivity index is 1.40. The van der Waals surface area contributed by atoms with Gasteiger partial charge in [-0.3, -0.25) is 14.2 Å². The predicted octanol–water partition coefficient (Wildman–Crippen LogP) is 7.09. The molecule has 0 spiro atoms. The van der Waals surface area contributed by atoms with Crippen LogP contribution in [0.4, 0.5) is 5.69 Å². The molecule has 2 heterocycles. The molecule has 4 aromatic rings. The molecule has 2 aromatic carbocycles. The van der Waals surface area contributed by atoms with Gasteiger partial charge in [0, 0.05) is 22.5 Å². The topological polar surface area (TPSA) is 123 Å². The van der Waals surface area contributed by atoms with Crippen LogP contribution in [0.3, 0.4) is 0 Å². The van der Waals surface area contributed by atoms with Gasteiger partial charge in [-0.1, -0.05) is 45.1 Å². The summed E-state index contributed by atoms with van der Waals surface area (Å²) in [6.07, 6.45) is 7.06. The molecule has 42 heavy (non-hydrogen) atoms. The number of aryl methyl sites for hydroxylation is 2. The Morgan fingerprint density at radius 2 is 1.76 bits per heavy atom. The molecule has 0 saturated heterocycles. The van der Waals surface area contributed by atoms with Gasteiger partial charge in [-0.05, 0) is 69.2 Å². The highest BCUT2D eigenvalue weighted by molar-refractivity contribution is 7.82. The van der Waals surface area contributed by atoms with Gasteiger partial charge in [-0.2, -0.15) is 14.6 Å². The van der Waals surface area contributed by atoms with E-state index < -0.39 is 11.3 Å². The molecule has 0 aliphatic heterocycles. The van der Waals surface area contributed by atoms with E-state index in [0.717, 1.165) is 35.2 Å². The number of benzene rings is 2. The number of ether oxygens (including phenoxy) is 1. The maximum Gasteiger partial charge on any atom is 0.316 e. The van der Waals surface area contributed by atoms with Crippen molar-refractivity contribution in [2.45, 2.75) is 72.8 Å². The molecular formula is C31H39N5O5S. The van der Waals surface area contributed by atoms with Crippen molar-refractivity contribution in [3.8, 4) is 29.0 Å². The van der Waals surface area contributed by atoms with E-state index in [-0.39, 0.29) is 6.61 Å². The number of hydrogen-bond donors (Lipinski definition) is 2. The van der Waals surface area contributed by atoms with E-state index in [1.807, 2.05) is 55.5 Å². The summed E-state index contributed by atoms with van der Waals surface area (Å²) in [5.41, 5.74) is 5.01. The molecule has 0 aliphatic carbocycles. The first-order valence-electron chi connectivity index (χ1n) is 14.4. The largest absolute Gasteiger partial charge is 0.490 e. The Kier molecular flexibility index (Phi) is 11.4. The van der Waals surface area contributed by atoms with E-state index >= 15 is 0 Å². The lowest BCUT2D eigenvalue weighted by Crippen LogP contribution is -2.12. The Labute approximate surface area is 249 Å². The van der Waals surface area contributed by atoms with Crippen LogP contribution in [0.1, 0.15) is 74.8 Å². The first kappa shape index (κ1) is 31.1. The number of unbranched alkanes of at least 4 members (excludes halogenated alkanes) is 5. The van der Waals surface area contributed by atoms with Gasteiger partial charge in [0.1, 0.15) is 18.2 Å². The van der Waals surface area contributed by atoms with E-state index in [0.29, 0.717) is 47.4 Å². The second-order valence-electron chi connectivity index (χ2n) is 10.0. The third-order valence-corrected chi connectivity index (χ3v) is 7.63. The zero-order chi connectivity index (χ0) is 29.9. The Bertz CT molecular complexity index is 1520. The van der Waals surface area contributed by atoms with Gasteiger partial charge in [0.25, 0.3) is 0 Å². The van der Waals surface area contributed by atoms with Crippen molar-refractivity contribution in [2.24, 2.45) is 0 Å². The summed E-state index contributed by atoms with van der Waals surface area (Å²) in [6.45, 7) is 9.05. The maximum atomic E-state index is 12.9. The number of fused-ring (bicyclic) bond motifs is 1. The van der Waals surface area contributed by atoms with Gasteiger partial charge in [0.2, 0.25) is 0 Å². The van der Waals surface area contributed by atoms with Gasteiger partial charge >= 0.3 is 11.3 Å². The predicted molar refractivity (Wildman–Crippen MR) is 163 cm³/mol. The van der Waals surface area contributed by atoms with Crippen molar-refractivity contribution in [3.05, 3.63) is 64.8 Å². The summed E-state index contributed by atoms with van der Waals surface area (Å²) < 4.78 is 29.4. The van der Waals surface area contributed by atoms with E-state index in [2.05, 4.69) is 27.9 Å². The third kappa shape index (κ3) is 7.70. The second kappa shape index (κ2) is 15.4. The molecule has 1 atom stereocenters.